The fourth-order valence-electron chi connectivity index (χ4n) is 9.56. The number of fused-ring (bicyclic) bond motifs is 4. The van der Waals surface area contributed by atoms with Crippen molar-refractivity contribution in [1.82, 2.24) is 14.1 Å². The molecule has 12 rings (SSSR count). The van der Waals surface area contributed by atoms with Crippen molar-refractivity contribution >= 4 is 61.7 Å². The van der Waals surface area contributed by atoms with Crippen molar-refractivity contribution in [2.24, 2.45) is 0 Å². The smallest absolute Gasteiger partial charge is 0.268 e. The van der Waals surface area contributed by atoms with Crippen LogP contribution in [0.15, 0.2) is 224 Å². The Morgan fingerprint density at radius 1 is 0.616 bits per heavy atom. The maximum absolute atomic E-state index is 10.7. The zero-order valence-electron chi connectivity index (χ0n) is 58.9. The van der Waals surface area contributed by atoms with Crippen molar-refractivity contribution in [3.63, 3.8) is 0 Å². The Bertz CT molecular complexity index is 4890. The number of imidazole rings is 1. The van der Waals surface area contributed by atoms with Gasteiger partial charge in [-0.05, 0) is 85.0 Å². The quantitative estimate of drug-likeness (QED) is 0.0592. The van der Waals surface area contributed by atoms with Gasteiger partial charge in [0.05, 0.1) is 42.8 Å². The van der Waals surface area contributed by atoms with Crippen LogP contribution in [0.3, 0.4) is 0 Å². The van der Waals surface area contributed by atoms with Gasteiger partial charge in [-0.15, -0.1) is 29.7 Å². The second-order valence-corrected chi connectivity index (χ2v) is 21.8. The first kappa shape index (κ1) is 30.2. The third-order valence-electron chi connectivity index (χ3n) is 12.7. The third-order valence-corrected chi connectivity index (χ3v) is 16.7. The first-order valence-electron chi connectivity index (χ1n) is 32.6. The molecule has 0 amide bonds. The van der Waals surface area contributed by atoms with E-state index in [-0.39, 0.29) is 32.3 Å². The molecule has 0 atom stereocenters. The van der Waals surface area contributed by atoms with E-state index < -0.39 is 155 Å². The summed E-state index contributed by atoms with van der Waals surface area (Å²) >= 11 is 0. The number of aryl methyl sites for hydroxylation is 2. The molecule has 0 aliphatic carbocycles. The van der Waals surface area contributed by atoms with Gasteiger partial charge in [0, 0.05) is 44.3 Å². The monoisotopic (exact) mass is 1160 g/mol. The average molecular weight is 1160 g/mol. The molecule has 5 nitrogen and oxygen atoms in total. The number of rotatable bonds is 10. The van der Waals surface area contributed by atoms with Crippen LogP contribution in [0.1, 0.15) is 63.5 Å². The fraction of sp³-hybridized carbons (Fsp3) is 0.0909. The summed E-state index contributed by atoms with van der Waals surface area (Å²) in [7, 11) is -6.16. The van der Waals surface area contributed by atoms with Gasteiger partial charge < -0.3 is 13.9 Å². The van der Waals surface area contributed by atoms with Gasteiger partial charge in [-0.2, -0.15) is 18.2 Å². The van der Waals surface area contributed by atoms with Gasteiger partial charge in [-0.3, -0.25) is 4.57 Å². The number of hydrogen-bond donors (Lipinski definition) is 0. The van der Waals surface area contributed by atoms with Crippen LogP contribution in [0, 0.1) is 32.3 Å². The second-order valence-electron chi connectivity index (χ2n) is 18.3. The maximum Gasteiger partial charge on any atom is 0.268 e. The summed E-state index contributed by atoms with van der Waals surface area (Å²) in [4.78, 5) is 4.84. The Balaban J connectivity index is 0.00000867. The number of nitrogens with zero attached hydrogens (tertiary/aromatic N) is 4. The third kappa shape index (κ3) is 8.35. The fourth-order valence-corrected chi connectivity index (χ4v) is 13.1. The van der Waals surface area contributed by atoms with Crippen LogP contribution in [-0.2, 0) is 26.5 Å². The Hall–Kier alpha value is -7.89. The first-order chi connectivity index (χ1) is 43.0. The SMILES string of the molecule is [2H]c1c([2H])c([2H])c([Si](c2c([2H])c([2H])c([2H])c([2H])c2[2H])(c2c([2H])c([2H])c([2H])c([2H])c2[2H])c2c([2H])c([2H])c([2H])c(-c3cccc(C(C)(C)C)c3-[n+]3[c-]n(-c4[c-]c(Oc5[c-]c6c(cc5)c5ccccc5n6-c5ncc(C)cc5C)ccc4)c4ccccc43)c2[2H])c([2H])c1[2H].[Pt]. The number of para-hydroxylation sites is 4. The molecule has 0 spiro atoms. The summed E-state index contributed by atoms with van der Waals surface area (Å²) in [5.74, 6) is 1.44. The Labute approximate surface area is 469 Å². The van der Waals surface area contributed by atoms with Crippen LogP contribution < -0.4 is 30.1 Å². The minimum atomic E-state index is -6.16. The molecule has 0 saturated carbocycles. The molecule has 3 aromatic heterocycles. The van der Waals surface area contributed by atoms with Gasteiger partial charge in [-0.1, -0.05) is 208 Å². The van der Waals surface area contributed by atoms with E-state index >= 15 is 0 Å². The molecule has 7 heteroatoms. The van der Waals surface area contributed by atoms with Gasteiger partial charge in [0.1, 0.15) is 5.82 Å². The summed E-state index contributed by atoms with van der Waals surface area (Å²) in [5, 5.41) is -1.73. The van der Waals surface area contributed by atoms with Gasteiger partial charge >= 0.3 is 0 Å². The molecule has 9 aromatic carbocycles. The Morgan fingerprint density at radius 2 is 1.25 bits per heavy atom. The zero-order chi connectivity index (χ0) is 65.5. The molecular formula is C66H52N4OPtSi-2. The predicted molar refractivity (Wildman–Crippen MR) is 297 cm³/mol. The molecular weight excluding hydrogens is 1090 g/mol. The molecule has 0 unspecified atom stereocenters. The van der Waals surface area contributed by atoms with E-state index in [1.807, 2.05) is 101 Å². The summed E-state index contributed by atoms with van der Waals surface area (Å²) in [6, 6.07) is 19.0. The standard InChI is InChI=1S/C66H52N4OSi.Pt/c1-46-40-47(2)65(67-44-46)70-60-35-16-15-32-57(60)58-39-38-51(43-63(58)70)71-50-24-20-23-49(42-50)68-45-69(62-37-18-17-36-61(62)68)64-56(33-21-34-59(64)66(3,4)5)48-22-19-31-55(41-48)72(52-25-9-6-10-26-52,53-27-11-7-12-28-53)54-29-13-8-14-30-54;/h6-41,44H,1-5H3;/q-2;/i6D,7D,8D,9D,10D,11D,12D,13D,14D,19D,22D,25D,26D,27D,28D,29D,30D,31D,41D;. The van der Waals surface area contributed by atoms with Crippen LogP contribution in [0.25, 0.3) is 61.2 Å². The largest absolute Gasteiger partial charge is 0.510 e. The van der Waals surface area contributed by atoms with Crippen LogP contribution in [0.2, 0.25) is 0 Å². The molecule has 0 aliphatic heterocycles. The van der Waals surface area contributed by atoms with Crippen LogP contribution in [0.5, 0.6) is 11.5 Å². The van der Waals surface area contributed by atoms with E-state index in [9.17, 15) is 13.7 Å². The summed E-state index contributed by atoms with van der Waals surface area (Å²) in [6.07, 6.45) is 5.32. The molecule has 0 bridgehead atoms. The molecule has 0 N–H and O–H groups in total. The summed E-state index contributed by atoms with van der Waals surface area (Å²) in [6.45, 7) is 9.76. The van der Waals surface area contributed by atoms with Crippen molar-refractivity contribution in [3.05, 3.63) is 259 Å². The number of pyridine rings is 1. The van der Waals surface area contributed by atoms with Crippen molar-refractivity contribution in [2.45, 2.75) is 40.0 Å². The number of ether oxygens (including phenoxy) is 1. The van der Waals surface area contributed by atoms with Crippen LogP contribution >= 0.6 is 0 Å². The Kier molecular flexibility index (Phi) is 7.97. The molecule has 358 valence electrons. The molecule has 12 aromatic rings. The van der Waals surface area contributed by atoms with Crippen molar-refractivity contribution in [3.8, 4) is 39.8 Å². The molecule has 73 heavy (non-hydrogen) atoms. The summed E-state index contributed by atoms with van der Waals surface area (Å²) in [5.41, 5.74) is 4.81. The van der Waals surface area contributed by atoms with E-state index in [1.54, 1.807) is 45.5 Å². The molecule has 0 aliphatic rings. The van der Waals surface area contributed by atoms with Crippen LogP contribution in [0.4, 0.5) is 0 Å². The molecule has 3 heterocycles. The number of aromatic nitrogens is 4. The van der Waals surface area contributed by atoms with Gasteiger partial charge in [0.2, 0.25) is 0 Å². The normalized spacial score (nSPS) is 15.4. The Morgan fingerprint density at radius 3 is 1.93 bits per heavy atom. The minimum Gasteiger partial charge on any atom is -0.510 e. The van der Waals surface area contributed by atoms with Gasteiger partial charge in [-0.25, -0.2) is 4.98 Å². The molecule has 0 radical (unpaired) electrons. The van der Waals surface area contributed by atoms with E-state index in [4.69, 9.17) is 22.1 Å². The predicted octanol–water partition coefficient (Wildman–Crippen LogP) is 12.5. The van der Waals surface area contributed by atoms with Gasteiger partial charge in [0.25, 0.3) is 6.33 Å². The second kappa shape index (κ2) is 19.3. The first-order valence-corrected chi connectivity index (χ1v) is 25.1. The molecule has 0 fully saturated rings. The van der Waals surface area contributed by atoms with E-state index in [0.717, 1.165) is 38.8 Å². The average Bonchev–Trinajstić information content (AvgIpc) is 0.875. The number of benzene rings is 9. The van der Waals surface area contributed by atoms with E-state index in [0.29, 0.717) is 33.8 Å². The zero-order valence-corrected chi connectivity index (χ0v) is 43.2. The van der Waals surface area contributed by atoms with E-state index in [1.165, 1.54) is 0 Å². The van der Waals surface area contributed by atoms with Crippen molar-refractivity contribution in [1.29, 1.82) is 0 Å². The topological polar surface area (TPSA) is 35.9 Å². The van der Waals surface area contributed by atoms with E-state index in [2.05, 4.69) is 29.1 Å². The molecule has 0 saturated heterocycles. The van der Waals surface area contributed by atoms with Crippen molar-refractivity contribution in [2.75, 3.05) is 0 Å². The number of hydrogen-bond acceptors (Lipinski definition) is 2. The maximum atomic E-state index is 10.7. The minimum absolute atomic E-state index is 0. The van der Waals surface area contributed by atoms with Gasteiger partial charge in [0.15, 0.2) is 8.07 Å². The van der Waals surface area contributed by atoms with Crippen molar-refractivity contribution < 1.29 is 56.4 Å². The van der Waals surface area contributed by atoms with Crippen LogP contribution in [-0.4, -0.2) is 22.2 Å². The summed E-state index contributed by atoms with van der Waals surface area (Å²) < 4.78 is 191.